The van der Waals surface area contributed by atoms with Gasteiger partial charge in [0.1, 0.15) is 5.75 Å². The molecule has 2 rings (SSSR count). The first-order chi connectivity index (χ1) is 8.63. The van der Waals surface area contributed by atoms with E-state index >= 15 is 0 Å². The quantitative estimate of drug-likeness (QED) is 0.709. The van der Waals surface area contributed by atoms with Gasteiger partial charge >= 0.3 is 0 Å². The molecule has 0 saturated carbocycles. The van der Waals surface area contributed by atoms with Crippen LogP contribution in [0.15, 0.2) is 30.3 Å². The van der Waals surface area contributed by atoms with E-state index < -0.39 is 0 Å². The van der Waals surface area contributed by atoms with Crippen LogP contribution >= 0.6 is 22.9 Å². The molecule has 3 heteroatoms. The van der Waals surface area contributed by atoms with E-state index in [1.807, 2.05) is 31.2 Å². The topological polar surface area (TPSA) is 9.23 Å². The summed E-state index contributed by atoms with van der Waals surface area (Å²) in [6.45, 7) is 6.86. The summed E-state index contributed by atoms with van der Waals surface area (Å²) in [5, 5.41) is -0.133. The summed E-state index contributed by atoms with van der Waals surface area (Å²) in [6, 6.07) is 10.2. The molecule has 96 valence electrons. The number of thiophene rings is 1. The Morgan fingerprint density at radius 1 is 1.28 bits per heavy atom. The molecule has 1 atom stereocenters. The third-order valence-electron chi connectivity index (χ3n) is 2.80. The smallest absolute Gasteiger partial charge is 0.124 e. The van der Waals surface area contributed by atoms with Crippen LogP contribution in [0.25, 0.3) is 0 Å². The minimum Gasteiger partial charge on any atom is -0.494 e. The fourth-order valence-electron chi connectivity index (χ4n) is 2.03. The molecule has 0 aliphatic carbocycles. The molecule has 0 spiro atoms. The maximum atomic E-state index is 6.62. The Hall–Kier alpha value is -0.990. The summed E-state index contributed by atoms with van der Waals surface area (Å²) in [5.74, 6) is 0.880. The highest BCUT2D eigenvalue weighted by Crippen LogP contribution is 2.40. The van der Waals surface area contributed by atoms with Gasteiger partial charge < -0.3 is 4.74 Å². The summed E-state index contributed by atoms with van der Waals surface area (Å²) < 4.78 is 5.65. The van der Waals surface area contributed by atoms with Gasteiger partial charge in [0.25, 0.3) is 0 Å². The summed E-state index contributed by atoms with van der Waals surface area (Å²) in [7, 11) is 0. The maximum Gasteiger partial charge on any atom is 0.124 e. The van der Waals surface area contributed by atoms with Crippen LogP contribution in [-0.4, -0.2) is 6.61 Å². The second-order valence-corrected chi connectivity index (χ2v) is 5.96. The largest absolute Gasteiger partial charge is 0.494 e. The lowest BCUT2D eigenvalue weighted by Crippen LogP contribution is -1.99. The molecule has 0 N–H and O–H groups in total. The molecule has 18 heavy (non-hydrogen) atoms. The van der Waals surface area contributed by atoms with E-state index in [0.717, 1.165) is 11.3 Å². The molecule has 0 aliphatic heterocycles. The van der Waals surface area contributed by atoms with Crippen LogP contribution in [0.1, 0.15) is 33.2 Å². The van der Waals surface area contributed by atoms with E-state index in [0.29, 0.717) is 6.61 Å². The predicted octanol–water partition coefficient (Wildman–Crippen LogP) is 5.09. The monoisotopic (exact) mass is 280 g/mol. The highest BCUT2D eigenvalue weighted by molar-refractivity contribution is 7.12. The van der Waals surface area contributed by atoms with E-state index in [-0.39, 0.29) is 5.38 Å². The lowest BCUT2D eigenvalue weighted by molar-refractivity contribution is 0.337. The van der Waals surface area contributed by atoms with Crippen molar-refractivity contribution in [3.63, 3.8) is 0 Å². The number of benzene rings is 1. The fourth-order valence-corrected chi connectivity index (χ4v) is 3.55. The second-order valence-electron chi connectivity index (χ2n) is 4.24. The van der Waals surface area contributed by atoms with E-state index in [2.05, 4.69) is 19.9 Å². The van der Waals surface area contributed by atoms with Gasteiger partial charge in [0.2, 0.25) is 0 Å². The highest BCUT2D eigenvalue weighted by atomic mass is 35.5. The van der Waals surface area contributed by atoms with Crippen LogP contribution < -0.4 is 4.74 Å². The normalized spacial score (nSPS) is 12.4. The first kappa shape index (κ1) is 13.4. The van der Waals surface area contributed by atoms with Crippen molar-refractivity contribution >= 4 is 22.9 Å². The molecule has 1 unspecified atom stereocenters. The molecule has 0 aliphatic rings. The second kappa shape index (κ2) is 5.77. The van der Waals surface area contributed by atoms with Crippen LogP contribution in [0, 0.1) is 13.8 Å². The number of ether oxygens (including phenoxy) is 1. The van der Waals surface area contributed by atoms with E-state index in [1.54, 1.807) is 11.3 Å². The minimum atomic E-state index is -0.133. The molecule has 1 heterocycles. The third-order valence-corrected chi connectivity index (χ3v) is 4.60. The predicted molar refractivity (Wildman–Crippen MR) is 79.1 cm³/mol. The highest BCUT2D eigenvalue weighted by Gasteiger charge is 2.19. The van der Waals surface area contributed by atoms with Crippen molar-refractivity contribution in [3.8, 4) is 5.75 Å². The van der Waals surface area contributed by atoms with Crippen molar-refractivity contribution in [3.05, 3.63) is 51.2 Å². The van der Waals surface area contributed by atoms with Crippen molar-refractivity contribution in [1.29, 1.82) is 0 Å². The number of aryl methyl sites for hydroxylation is 2. The van der Waals surface area contributed by atoms with Gasteiger partial charge in [0.05, 0.1) is 12.0 Å². The maximum absolute atomic E-state index is 6.62. The van der Waals surface area contributed by atoms with Gasteiger partial charge in [-0.15, -0.1) is 22.9 Å². The lowest BCUT2D eigenvalue weighted by Gasteiger charge is -2.14. The van der Waals surface area contributed by atoms with Gasteiger partial charge in [-0.1, -0.05) is 18.2 Å². The van der Waals surface area contributed by atoms with Gasteiger partial charge in [-0.05, 0) is 38.5 Å². The van der Waals surface area contributed by atoms with Crippen LogP contribution in [0.3, 0.4) is 0 Å². The number of para-hydroxylation sites is 1. The fraction of sp³-hybridized carbons (Fsp3) is 0.333. The first-order valence-electron chi connectivity index (χ1n) is 6.06. The molecule has 1 aromatic carbocycles. The standard InChI is InChI=1S/C15H17ClOS/c1-4-17-13-8-6-5-7-12(13)14(16)15-10(2)9-11(3)18-15/h5-9,14H,4H2,1-3H3. The molecule has 1 nitrogen and oxygen atoms in total. The Morgan fingerprint density at radius 3 is 2.61 bits per heavy atom. The van der Waals surface area contributed by atoms with Crippen LogP contribution in [0.2, 0.25) is 0 Å². The number of hydrogen-bond acceptors (Lipinski definition) is 2. The first-order valence-corrected chi connectivity index (χ1v) is 7.31. The van der Waals surface area contributed by atoms with Crippen molar-refractivity contribution in [2.75, 3.05) is 6.61 Å². The molecule has 1 aromatic heterocycles. The number of rotatable bonds is 4. The van der Waals surface area contributed by atoms with Gasteiger partial charge in [-0.25, -0.2) is 0 Å². The summed E-state index contributed by atoms with van der Waals surface area (Å²) in [5.41, 5.74) is 2.30. The van der Waals surface area contributed by atoms with Gasteiger partial charge in [-0.3, -0.25) is 0 Å². The minimum absolute atomic E-state index is 0.133. The molecule has 0 saturated heterocycles. The van der Waals surface area contributed by atoms with Gasteiger partial charge in [0.15, 0.2) is 0 Å². The van der Waals surface area contributed by atoms with Gasteiger partial charge in [-0.2, -0.15) is 0 Å². The molecule has 0 fully saturated rings. The van der Waals surface area contributed by atoms with E-state index in [9.17, 15) is 0 Å². The Morgan fingerprint density at radius 2 is 2.00 bits per heavy atom. The van der Waals surface area contributed by atoms with E-state index in [1.165, 1.54) is 15.3 Å². The zero-order valence-corrected chi connectivity index (χ0v) is 12.4. The molecule has 2 aromatic rings. The summed E-state index contributed by atoms with van der Waals surface area (Å²) in [4.78, 5) is 2.50. The van der Waals surface area contributed by atoms with Crippen molar-refractivity contribution < 1.29 is 4.74 Å². The van der Waals surface area contributed by atoms with Crippen LogP contribution in [-0.2, 0) is 0 Å². The number of halogens is 1. The molecule has 0 amide bonds. The number of alkyl halides is 1. The lowest BCUT2D eigenvalue weighted by atomic mass is 10.1. The zero-order valence-electron chi connectivity index (χ0n) is 10.9. The molecular weight excluding hydrogens is 264 g/mol. The Labute approximate surface area is 117 Å². The van der Waals surface area contributed by atoms with Crippen molar-refractivity contribution in [2.24, 2.45) is 0 Å². The van der Waals surface area contributed by atoms with Crippen molar-refractivity contribution in [2.45, 2.75) is 26.1 Å². The molecule has 0 bridgehead atoms. The average Bonchev–Trinajstić information content (AvgIpc) is 2.69. The zero-order chi connectivity index (χ0) is 13.1. The van der Waals surface area contributed by atoms with Gasteiger partial charge in [0, 0.05) is 15.3 Å². The van der Waals surface area contributed by atoms with Crippen molar-refractivity contribution in [1.82, 2.24) is 0 Å². The third kappa shape index (κ3) is 2.70. The summed E-state index contributed by atoms with van der Waals surface area (Å²) >= 11 is 8.38. The number of hydrogen-bond donors (Lipinski definition) is 0. The summed E-state index contributed by atoms with van der Waals surface area (Å²) in [6.07, 6.45) is 0. The SMILES string of the molecule is CCOc1ccccc1C(Cl)c1sc(C)cc1C. The Balaban J connectivity index is 2.39. The van der Waals surface area contributed by atoms with Crippen LogP contribution in [0.4, 0.5) is 0 Å². The van der Waals surface area contributed by atoms with E-state index in [4.69, 9.17) is 16.3 Å². The Bertz CT molecular complexity index is 533. The molecular formula is C15H17ClOS. The average molecular weight is 281 g/mol. The molecule has 0 radical (unpaired) electrons. The van der Waals surface area contributed by atoms with Crippen LogP contribution in [0.5, 0.6) is 5.75 Å². The Kier molecular flexibility index (Phi) is 4.31.